The van der Waals surface area contributed by atoms with Gasteiger partial charge in [0, 0.05) is 0 Å². The number of nitrogens with zero attached hydrogens (tertiary/aromatic N) is 4. The van der Waals surface area contributed by atoms with Crippen molar-refractivity contribution < 1.29 is 4.58 Å². The third kappa shape index (κ3) is 6.31. The van der Waals surface area contributed by atoms with Crippen LogP contribution in [0.25, 0.3) is 15.3 Å². The van der Waals surface area contributed by atoms with Crippen LogP contribution in [0.4, 0.5) is 5.69 Å². The van der Waals surface area contributed by atoms with E-state index in [-0.39, 0.29) is 20.3 Å². The molecule has 3 rings (SSSR count). The number of hydrogen-bond donors (Lipinski definition) is 0. The summed E-state index contributed by atoms with van der Waals surface area (Å²) in [4.78, 5) is 17.2. The molecule has 0 aliphatic heterocycles. The maximum absolute atomic E-state index is 12.7. The number of hydrogen-bond acceptors (Lipinski definition) is 3. The first-order valence-corrected chi connectivity index (χ1v) is 13.8. The summed E-state index contributed by atoms with van der Waals surface area (Å²) in [5, 5.41) is 2.17. The predicted octanol–water partition coefficient (Wildman–Crippen LogP) is 3.97. The minimum Gasteiger partial charge on any atom is -0.262 e. The van der Waals surface area contributed by atoms with Gasteiger partial charge < -0.3 is 0 Å². The van der Waals surface area contributed by atoms with Crippen LogP contribution in [-0.4, -0.2) is 80.5 Å². The van der Waals surface area contributed by atoms with Crippen molar-refractivity contribution in [2.45, 2.75) is 25.7 Å². The average molecular weight is 519 g/mol. The Balaban J connectivity index is 1.44. The first-order valence-electron chi connectivity index (χ1n) is 11.2. The molecule has 0 radical (unpaired) electrons. The van der Waals surface area contributed by atoms with Gasteiger partial charge in [-0.3, -0.25) is 9.48 Å². The summed E-state index contributed by atoms with van der Waals surface area (Å²) < 4.78 is 5.28. The van der Waals surface area contributed by atoms with E-state index in [0.717, 1.165) is 17.6 Å². The van der Waals surface area contributed by atoms with Crippen LogP contribution in [0, 0.1) is 0 Å². The second-order valence-corrected chi connectivity index (χ2v) is 11.6. The van der Waals surface area contributed by atoms with E-state index in [1.54, 1.807) is 0 Å². The Hall–Kier alpha value is -1.95. The van der Waals surface area contributed by atoms with E-state index in [0.29, 0.717) is 0 Å². The topological polar surface area (TPSA) is 31.5 Å². The summed E-state index contributed by atoms with van der Waals surface area (Å²) in [6, 6.07) is 16.4. The summed E-state index contributed by atoms with van der Waals surface area (Å²) in [6.07, 6.45) is 4.98. The van der Waals surface area contributed by atoms with E-state index >= 15 is 0 Å². The smallest absolute Gasteiger partial charge is 0.0749 e. The van der Waals surface area contributed by atoms with Crippen LogP contribution in [0.1, 0.15) is 25.7 Å². The van der Waals surface area contributed by atoms with Gasteiger partial charge in [-0.1, -0.05) is 0 Å². The molecule has 3 aromatic rings. The molecule has 0 fully saturated rings. The number of anilines is 1. The molecule has 0 aliphatic carbocycles. The quantitative estimate of drug-likeness (QED) is 0.141. The van der Waals surface area contributed by atoms with Gasteiger partial charge in [0.2, 0.25) is 0 Å². The summed E-state index contributed by atoms with van der Waals surface area (Å²) in [7, 11) is 10.6. The van der Waals surface area contributed by atoms with Crippen LogP contribution in [0.2, 0.25) is 0 Å². The number of aromatic nitrogens is 1. The van der Waals surface area contributed by atoms with Crippen LogP contribution in [0.15, 0.2) is 53.3 Å². The maximum atomic E-state index is 12.7. The molecule has 0 aliphatic rings. The number of benzene rings is 2. The first kappa shape index (κ1) is 24.7. The Morgan fingerprint density at radius 1 is 0.969 bits per heavy atom. The molecule has 0 unspecified atom stereocenters. The Bertz CT molecular complexity index is 1100. The van der Waals surface area contributed by atoms with Gasteiger partial charge in [0.05, 0.1) is 28.2 Å². The van der Waals surface area contributed by atoms with Crippen molar-refractivity contribution in [1.82, 2.24) is 8.46 Å². The zero-order chi connectivity index (χ0) is 23.1. The van der Waals surface area contributed by atoms with Gasteiger partial charge in [-0.05, 0) is 11.8 Å². The molecule has 32 heavy (non-hydrogen) atoms. The van der Waals surface area contributed by atoms with E-state index < -0.39 is 0 Å². The van der Waals surface area contributed by atoms with Crippen molar-refractivity contribution in [3.8, 4) is 5.69 Å². The molecule has 0 saturated carbocycles. The fourth-order valence-electron chi connectivity index (χ4n) is 3.74. The van der Waals surface area contributed by atoms with Gasteiger partial charge in [-0.2, -0.15) is 0 Å². The minimum atomic E-state index is 0.0248. The molecule has 1 heterocycles. The molecule has 1 aromatic heterocycles. The molecule has 172 valence electrons. The van der Waals surface area contributed by atoms with E-state index in [9.17, 15) is 4.79 Å². The molecule has 2 aromatic carbocycles. The largest absolute Gasteiger partial charge is 0.262 e. The average Bonchev–Trinajstić information content (AvgIpc) is 3.11. The van der Waals surface area contributed by atoms with E-state index in [4.69, 9.17) is 0 Å². The molecule has 0 saturated heterocycles. The number of unbranched alkanes of at least 4 members (excludes halogenated alkanes) is 3. The van der Waals surface area contributed by atoms with Crippen LogP contribution >= 0.6 is 11.8 Å². The number of fused-ring (bicyclic) bond motifs is 1. The Labute approximate surface area is 202 Å². The summed E-state index contributed by atoms with van der Waals surface area (Å²) in [6.45, 7) is 1.05. The van der Waals surface area contributed by atoms with Crippen LogP contribution in [0.5, 0.6) is 0 Å². The van der Waals surface area contributed by atoms with Crippen LogP contribution < -0.4 is 10.5 Å². The predicted molar refractivity (Wildman–Crippen MR) is 141 cm³/mol. The maximum Gasteiger partial charge on any atom is 0.0749 e. The fraction of sp³-hybridized carbons (Fsp3) is 0.440. The van der Waals surface area contributed by atoms with E-state index in [2.05, 4.69) is 79.9 Å². The van der Waals surface area contributed by atoms with Crippen molar-refractivity contribution >= 4 is 47.0 Å². The molecule has 0 N–H and O–H groups in total. The summed E-state index contributed by atoms with van der Waals surface area (Å²) in [5.41, 5.74) is 2.32. The molecular formula is C25H35N4OSSe+. The summed E-state index contributed by atoms with van der Waals surface area (Å²) >= 11 is 1.96. The number of thioether (sulfide) groups is 1. The minimum absolute atomic E-state index is 0.0248. The van der Waals surface area contributed by atoms with E-state index in [1.165, 1.54) is 46.6 Å². The van der Waals surface area contributed by atoms with Crippen LogP contribution in [-0.2, 0) is 0 Å². The Morgan fingerprint density at radius 3 is 2.31 bits per heavy atom. The van der Waals surface area contributed by atoms with Crippen molar-refractivity contribution in [2.24, 2.45) is 0 Å². The molecule has 0 atom stereocenters. The zero-order valence-electron chi connectivity index (χ0n) is 19.9. The third-order valence-corrected chi connectivity index (χ3v) is 9.21. The van der Waals surface area contributed by atoms with Crippen molar-refractivity contribution in [3.05, 3.63) is 58.9 Å². The SMILES string of the molecule is CN(C)C(SCCCCCCN(C)c1ccc(-n2[se]c3ccccc3c2=O)cc1)=[N+](C)C. The number of rotatable bonds is 9. The van der Waals surface area contributed by atoms with Gasteiger partial charge >= 0.3 is 153 Å². The third-order valence-electron chi connectivity index (χ3n) is 5.40. The molecule has 0 amide bonds. The van der Waals surface area contributed by atoms with Gasteiger partial charge in [0.25, 0.3) is 0 Å². The Morgan fingerprint density at radius 2 is 1.66 bits per heavy atom. The molecule has 0 spiro atoms. The molecule has 5 nitrogen and oxygen atoms in total. The van der Waals surface area contributed by atoms with Gasteiger partial charge in [-0.15, -0.1) is 0 Å². The van der Waals surface area contributed by atoms with Gasteiger partial charge in [-0.25, -0.2) is 0 Å². The Kier molecular flexibility index (Phi) is 9.09. The first-order chi connectivity index (χ1) is 15.4. The number of amidine groups is 1. The standard InChI is InChI=1S/C25H35N4OSSe/c1-26(2)25(27(3)4)31-19-11-7-6-10-18-28(5)20-14-16-21(17-15-20)29-24(30)22-12-8-9-13-23(22)32-29/h8-9,12-17H,6-7,10-11,18-19H2,1-5H3/q+1. The van der Waals surface area contributed by atoms with Crippen molar-refractivity contribution in [1.29, 1.82) is 0 Å². The van der Waals surface area contributed by atoms with Crippen LogP contribution in [0.3, 0.4) is 0 Å². The monoisotopic (exact) mass is 519 g/mol. The fourth-order valence-corrected chi connectivity index (χ4v) is 6.88. The van der Waals surface area contributed by atoms with E-state index in [1.807, 2.05) is 33.5 Å². The molecule has 7 heteroatoms. The molecule has 0 bridgehead atoms. The van der Waals surface area contributed by atoms with Crippen molar-refractivity contribution in [3.63, 3.8) is 0 Å². The summed E-state index contributed by atoms with van der Waals surface area (Å²) in [5.74, 6) is 1.17. The molecular weight excluding hydrogens is 483 g/mol. The normalized spacial score (nSPS) is 11.0. The van der Waals surface area contributed by atoms with Gasteiger partial charge in [0.1, 0.15) is 0 Å². The van der Waals surface area contributed by atoms with Crippen molar-refractivity contribution in [2.75, 3.05) is 52.4 Å². The zero-order valence-corrected chi connectivity index (χ0v) is 22.4. The van der Waals surface area contributed by atoms with Gasteiger partial charge in [0.15, 0.2) is 0 Å². The second-order valence-electron chi connectivity index (χ2n) is 8.46. The second kappa shape index (κ2) is 11.8.